The lowest BCUT2D eigenvalue weighted by Gasteiger charge is -2.31. The van der Waals surface area contributed by atoms with Crippen molar-refractivity contribution < 1.29 is 13.2 Å². The Morgan fingerprint density at radius 2 is 1.66 bits per heavy atom. The van der Waals surface area contributed by atoms with E-state index in [-0.39, 0.29) is 11.8 Å². The maximum Gasteiger partial charge on any atom is 0.243 e. The van der Waals surface area contributed by atoms with Gasteiger partial charge in [-0.3, -0.25) is 9.78 Å². The van der Waals surface area contributed by atoms with Crippen LogP contribution in [-0.2, 0) is 14.8 Å². The molecule has 1 aliphatic heterocycles. The predicted octanol–water partition coefficient (Wildman–Crippen LogP) is 4.51. The van der Waals surface area contributed by atoms with Gasteiger partial charge in [-0.2, -0.15) is 4.31 Å². The Balaban J connectivity index is 1.46. The molecule has 0 radical (unpaired) electrons. The van der Waals surface area contributed by atoms with Gasteiger partial charge in [-0.1, -0.05) is 12.1 Å². The standard InChI is InChI=1S/C25H29N3O3S/c1-16-14-17(2)19(4)24(18(16)3)32(30,31)28-12-9-20(10-13-28)25(29)27-22-7-8-23-21(15-22)6-5-11-26-23/h5-8,11,14-15,20H,9-10,12-13H2,1-4H3,(H,27,29). The number of hydrogen-bond acceptors (Lipinski definition) is 4. The molecule has 1 aromatic heterocycles. The summed E-state index contributed by atoms with van der Waals surface area (Å²) in [7, 11) is -3.61. The summed E-state index contributed by atoms with van der Waals surface area (Å²) in [5.41, 5.74) is 5.17. The number of fused-ring (bicyclic) bond motifs is 1. The van der Waals surface area contributed by atoms with Crippen molar-refractivity contribution >= 4 is 32.5 Å². The van der Waals surface area contributed by atoms with E-state index >= 15 is 0 Å². The summed E-state index contributed by atoms with van der Waals surface area (Å²) in [5.74, 6) is -0.281. The first-order valence-corrected chi connectivity index (χ1v) is 12.4. The number of anilines is 1. The molecule has 168 valence electrons. The van der Waals surface area contributed by atoms with Crippen LogP contribution in [0.1, 0.15) is 35.1 Å². The molecular formula is C25H29N3O3S. The van der Waals surface area contributed by atoms with Gasteiger partial charge in [0.1, 0.15) is 0 Å². The van der Waals surface area contributed by atoms with E-state index in [2.05, 4.69) is 10.3 Å². The van der Waals surface area contributed by atoms with Crippen molar-refractivity contribution in [2.24, 2.45) is 5.92 Å². The van der Waals surface area contributed by atoms with E-state index in [9.17, 15) is 13.2 Å². The molecule has 0 atom stereocenters. The molecule has 1 aliphatic rings. The summed E-state index contributed by atoms with van der Waals surface area (Å²) in [6.45, 7) is 8.31. The smallest absolute Gasteiger partial charge is 0.243 e. The quantitative estimate of drug-likeness (QED) is 0.633. The lowest BCUT2D eigenvalue weighted by Crippen LogP contribution is -2.41. The Bertz CT molecular complexity index is 1270. The minimum atomic E-state index is -3.61. The number of carbonyl (C=O) groups excluding carboxylic acids is 1. The summed E-state index contributed by atoms with van der Waals surface area (Å²) in [6, 6.07) is 11.5. The van der Waals surface area contributed by atoms with Crippen molar-refractivity contribution in [1.29, 1.82) is 0 Å². The minimum Gasteiger partial charge on any atom is -0.326 e. The van der Waals surface area contributed by atoms with Crippen molar-refractivity contribution in [3.8, 4) is 0 Å². The van der Waals surface area contributed by atoms with E-state index < -0.39 is 10.0 Å². The second-order valence-electron chi connectivity index (χ2n) is 8.67. The Morgan fingerprint density at radius 3 is 2.31 bits per heavy atom. The van der Waals surface area contributed by atoms with Crippen LogP contribution in [-0.4, -0.2) is 36.7 Å². The number of benzene rings is 2. The van der Waals surface area contributed by atoms with Crippen LogP contribution >= 0.6 is 0 Å². The summed E-state index contributed by atoms with van der Waals surface area (Å²) in [4.78, 5) is 17.5. The Hall–Kier alpha value is -2.77. The Labute approximate surface area is 189 Å². The van der Waals surface area contributed by atoms with Crippen LogP contribution < -0.4 is 5.32 Å². The van der Waals surface area contributed by atoms with Gasteiger partial charge in [0.25, 0.3) is 0 Å². The highest BCUT2D eigenvalue weighted by Gasteiger charge is 2.34. The highest BCUT2D eigenvalue weighted by Crippen LogP contribution is 2.31. The lowest BCUT2D eigenvalue weighted by atomic mass is 9.97. The van der Waals surface area contributed by atoms with Crippen LogP contribution in [0.5, 0.6) is 0 Å². The first-order chi connectivity index (χ1) is 15.2. The van der Waals surface area contributed by atoms with E-state index in [1.54, 1.807) is 6.20 Å². The number of carbonyl (C=O) groups is 1. The van der Waals surface area contributed by atoms with Crippen molar-refractivity contribution in [1.82, 2.24) is 9.29 Å². The highest BCUT2D eigenvalue weighted by molar-refractivity contribution is 7.89. The van der Waals surface area contributed by atoms with Crippen molar-refractivity contribution in [3.63, 3.8) is 0 Å². The predicted molar refractivity (Wildman–Crippen MR) is 127 cm³/mol. The van der Waals surface area contributed by atoms with Gasteiger partial charge in [-0.25, -0.2) is 8.42 Å². The van der Waals surface area contributed by atoms with Gasteiger partial charge in [0.05, 0.1) is 10.4 Å². The fraction of sp³-hybridized carbons (Fsp3) is 0.360. The number of nitrogens with zero attached hydrogens (tertiary/aromatic N) is 2. The molecule has 2 aromatic carbocycles. The number of amides is 1. The van der Waals surface area contributed by atoms with E-state index in [0.717, 1.165) is 38.8 Å². The molecule has 7 heteroatoms. The minimum absolute atomic E-state index is 0.0657. The molecule has 0 spiro atoms. The average Bonchev–Trinajstić information content (AvgIpc) is 2.78. The number of hydrogen-bond donors (Lipinski definition) is 1. The summed E-state index contributed by atoms with van der Waals surface area (Å²) in [5, 5.41) is 3.95. The van der Waals surface area contributed by atoms with Crippen molar-refractivity contribution in [2.75, 3.05) is 18.4 Å². The third-order valence-electron chi connectivity index (χ3n) is 6.59. The Morgan fingerprint density at radius 1 is 1.00 bits per heavy atom. The molecule has 4 rings (SSSR count). The SMILES string of the molecule is Cc1cc(C)c(C)c(S(=O)(=O)N2CCC(C(=O)Nc3ccc4ncccc4c3)CC2)c1C. The van der Waals surface area contributed by atoms with Crippen LogP contribution in [0.2, 0.25) is 0 Å². The first kappa shape index (κ1) is 22.4. The summed E-state index contributed by atoms with van der Waals surface area (Å²) >= 11 is 0. The zero-order chi connectivity index (χ0) is 23.0. The summed E-state index contributed by atoms with van der Waals surface area (Å²) in [6.07, 6.45) is 2.75. The molecule has 1 amide bonds. The van der Waals surface area contributed by atoms with Gasteiger partial charge >= 0.3 is 0 Å². The number of pyridine rings is 1. The van der Waals surface area contributed by atoms with Crippen LogP contribution in [0.25, 0.3) is 10.9 Å². The molecule has 3 aromatic rings. The molecule has 0 bridgehead atoms. The van der Waals surface area contributed by atoms with Crippen LogP contribution in [0.4, 0.5) is 5.69 Å². The molecule has 1 fully saturated rings. The number of nitrogens with one attached hydrogen (secondary N) is 1. The van der Waals surface area contributed by atoms with Gasteiger partial charge in [0.15, 0.2) is 0 Å². The van der Waals surface area contributed by atoms with Gasteiger partial charge < -0.3 is 5.32 Å². The molecule has 0 aliphatic carbocycles. The largest absolute Gasteiger partial charge is 0.326 e. The highest BCUT2D eigenvalue weighted by atomic mass is 32.2. The fourth-order valence-corrected chi connectivity index (χ4v) is 6.50. The molecule has 6 nitrogen and oxygen atoms in total. The lowest BCUT2D eigenvalue weighted by molar-refractivity contribution is -0.120. The summed E-state index contributed by atoms with van der Waals surface area (Å²) < 4.78 is 28.4. The molecule has 1 N–H and O–H groups in total. The van der Waals surface area contributed by atoms with Crippen LogP contribution in [0.15, 0.2) is 47.5 Å². The van der Waals surface area contributed by atoms with Crippen molar-refractivity contribution in [2.45, 2.75) is 45.4 Å². The van der Waals surface area contributed by atoms with E-state index in [1.807, 2.05) is 64.1 Å². The molecule has 0 saturated carbocycles. The number of sulfonamides is 1. The molecule has 1 saturated heterocycles. The second kappa shape index (κ2) is 8.64. The van der Waals surface area contributed by atoms with E-state index in [1.165, 1.54) is 4.31 Å². The van der Waals surface area contributed by atoms with E-state index in [4.69, 9.17) is 0 Å². The maximum absolute atomic E-state index is 13.4. The third kappa shape index (κ3) is 4.14. The maximum atomic E-state index is 13.4. The molecular weight excluding hydrogens is 422 g/mol. The zero-order valence-electron chi connectivity index (χ0n) is 19.0. The molecule has 2 heterocycles. The van der Waals surface area contributed by atoms with Gasteiger partial charge in [-0.05, 0) is 87.1 Å². The molecule has 32 heavy (non-hydrogen) atoms. The number of aromatic nitrogens is 1. The van der Waals surface area contributed by atoms with Crippen LogP contribution in [0.3, 0.4) is 0 Å². The number of aryl methyl sites for hydroxylation is 2. The van der Waals surface area contributed by atoms with Gasteiger partial charge in [0, 0.05) is 36.3 Å². The molecule has 0 unspecified atom stereocenters. The number of rotatable bonds is 4. The topological polar surface area (TPSA) is 79.4 Å². The third-order valence-corrected chi connectivity index (χ3v) is 8.76. The van der Waals surface area contributed by atoms with Gasteiger partial charge in [-0.15, -0.1) is 0 Å². The average molecular weight is 452 g/mol. The monoisotopic (exact) mass is 451 g/mol. The second-order valence-corrected chi connectivity index (χ2v) is 10.5. The Kier molecular flexibility index (Phi) is 6.05. The fourth-order valence-electron chi connectivity index (χ4n) is 4.45. The van der Waals surface area contributed by atoms with Gasteiger partial charge in [0.2, 0.25) is 15.9 Å². The van der Waals surface area contributed by atoms with Crippen molar-refractivity contribution in [3.05, 3.63) is 64.8 Å². The first-order valence-electron chi connectivity index (χ1n) is 10.9. The normalized spacial score (nSPS) is 15.8. The zero-order valence-corrected chi connectivity index (χ0v) is 19.8. The number of piperidine rings is 1. The van der Waals surface area contributed by atoms with Crippen LogP contribution in [0, 0.1) is 33.6 Å². The van der Waals surface area contributed by atoms with E-state index in [0.29, 0.717) is 30.8 Å².